The van der Waals surface area contributed by atoms with Gasteiger partial charge in [0.25, 0.3) is 5.56 Å². The molecule has 0 unspecified atom stereocenters. The third-order valence-corrected chi connectivity index (χ3v) is 2.67. The number of benzene rings is 1. The van der Waals surface area contributed by atoms with Crippen molar-refractivity contribution in [3.05, 3.63) is 28.7 Å². The van der Waals surface area contributed by atoms with Gasteiger partial charge in [-0.05, 0) is 12.1 Å². The number of aromatic nitrogens is 2. The lowest BCUT2D eigenvalue weighted by Gasteiger charge is -2.11. The van der Waals surface area contributed by atoms with E-state index in [0.717, 1.165) is 0 Å². The van der Waals surface area contributed by atoms with Gasteiger partial charge in [-0.1, -0.05) is 0 Å². The van der Waals surface area contributed by atoms with Crippen LogP contribution in [0.5, 0.6) is 11.5 Å². The second-order valence-corrected chi connectivity index (χ2v) is 3.66. The highest BCUT2D eigenvalue weighted by molar-refractivity contribution is 5.89. The Morgan fingerprint density at radius 3 is 2.72 bits per heavy atom. The molecule has 2 rings (SSSR count). The van der Waals surface area contributed by atoms with Crippen molar-refractivity contribution in [3.63, 3.8) is 0 Å². The summed E-state index contributed by atoms with van der Waals surface area (Å²) in [7, 11) is 2.99. The summed E-state index contributed by atoms with van der Waals surface area (Å²) in [5.74, 6) is 0.873. The third-order valence-electron chi connectivity index (χ3n) is 2.67. The molecule has 0 aliphatic heterocycles. The fourth-order valence-corrected chi connectivity index (χ4v) is 1.84. The van der Waals surface area contributed by atoms with Gasteiger partial charge in [0.2, 0.25) is 0 Å². The Kier molecular flexibility index (Phi) is 3.47. The van der Waals surface area contributed by atoms with Gasteiger partial charge in [-0.25, -0.2) is 4.68 Å². The Hall–Kier alpha value is -2.08. The van der Waals surface area contributed by atoms with E-state index < -0.39 is 0 Å². The molecule has 0 fully saturated rings. The zero-order valence-electron chi connectivity index (χ0n) is 10.2. The van der Waals surface area contributed by atoms with E-state index in [9.17, 15) is 4.79 Å². The highest BCUT2D eigenvalue weighted by atomic mass is 16.5. The zero-order valence-corrected chi connectivity index (χ0v) is 10.2. The van der Waals surface area contributed by atoms with E-state index in [0.29, 0.717) is 22.3 Å². The van der Waals surface area contributed by atoms with Crippen LogP contribution in [-0.4, -0.2) is 35.7 Å². The average Bonchev–Trinajstić information content (AvgIpc) is 2.40. The van der Waals surface area contributed by atoms with Crippen LogP contribution in [0.25, 0.3) is 10.8 Å². The summed E-state index contributed by atoms with van der Waals surface area (Å²) in [5.41, 5.74) is -0.308. The van der Waals surface area contributed by atoms with Crippen molar-refractivity contribution in [2.45, 2.75) is 6.54 Å². The van der Waals surface area contributed by atoms with Crippen LogP contribution < -0.4 is 15.0 Å². The molecule has 1 aromatic carbocycles. The van der Waals surface area contributed by atoms with Crippen molar-refractivity contribution in [2.75, 3.05) is 20.8 Å². The topological polar surface area (TPSA) is 73.6 Å². The standard InChI is InChI=1S/C12H14N2O4/c1-17-9-4-3-8-7-13-14(5-6-15)12(16)10(8)11(9)18-2/h3-4,7,15H,5-6H2,1-2H3. The first-order chi connectivity index (χ1) is 8.72. The van der Waals surface area contributed by atoms with Crippen molar-refractivity contribution in [2.24, 2.45) is 0 Å². The van der Waals surface area contributed by atoms with Gasteiger partial charge in [-0.15, -0.1) is 0 Å². The lowest BCUT2D eigenvalue weighted by molar-refractivity contribution is 0.266. The number of rotatable bonds is 4. The van der Waals surface area contributed by atoms with Gasteiger partial charge in [0, 0.05) is 5.39 Å². The van der Waals surface area contributed by atoms with Gasteiger partial charge < -0.3 is 14.6 Å². The van der Waals surface area contributed by atoms with Crippen LogP contribution >= 0.6 is 0 Å². The first-order valence-corrected chi connectivity index (χ1v) is 5.44. The largest absolute Gasteiger partial charge is 0.493 e. The van der Waals surface area contributed by atoms with E-state index in [1.54, 1.807) is 18.3 Å². The number of hydrogen-bond acceptors (Lipinski definition) is 5. The van der Waals surface area contributed by atoms with E-state index >= 15 is 0 Å². The molecule has 0 bridgehead atoms. The number of aliphatic hydroxyl groups excluding tert-OH is 1. The van der Waals surface area contributed by atoms with Gasteiger partial charge in [-0.3, -0.25) is 4.79 Å². The summed E-state index contributed by atoms with van der Waals surface area (Å²) < 4.78 is 11.6. The maximum absolute atomic E-state index is 12.2. The second-order valence-electron chi connectivity index (χ2n) is 3.66. The molecular formula is C12H14N2O4. The molecule has 6 nitrogen and oxygen atoms in total. The Bertz CT molecular complexity index is 621. The molecule has 0 aliphatic rings. The molecular weight excluding hydrogens is 236 g/mol. The Balaban J connectivity index is 2.80. The molecule has 0 aliphatic carbocycles. The number of methoxy groups -OCH3 is 2. The van der Waals surface area contributed by atoms with E-state index in [-0.39, 0.29) is 18.7 Å². The molecule has 96 valence electrons. The first-order valence-electron chi connectivity index (χ1n) is 5.44. The predicted octanol–water partition coefficient (Wildman–Crippen LogP) is 0.406. The van der Waals surface area contributed by atoms with Crippen LogP contribution in [0.1, 0.15) is 0 Å². The molecule has 2 aromatic rings. The van der Waals surface area contributed by atoms with Crippen molar-refractivity contribution >= 4 is 10.8 Å². The van der Waals surface area contributed by atoms with Crippen molar-refractivity contribution < 1.29 is 14.6 Å². The quantitative estimate of drug-likeness (QED) is 0.850. The number of ether oxygens (including phenoxy) is 2. The minimum absolute atomic E-state index is 0.148. The van der Waals surface area contributed by atoms with Crippen LogP contribution in [0.4, 0.5) is 0 Å². The Labute approximate surface area is 103 Å². The second kappa shape index (κ2) is 5.05. The fourth-order valence-electron chi connectivity index (χ4n) is 1.84. The predicted molar refractivity (Wildman–Crippen MR) is 66.2 cm³/mol. The van der Waals surface area contributed by atoms with E-state index in [4.69, 9.17) is 14.6 Å². The van der Waals surface area contributed by atoms with Gasteiger partial charge in [-0.2, -0.15) is 5.10 Å². The molecule has 0 radical (unpaired) electrons. The Morgan fingerprint density at radius 1 is 1.33 bits per heavy atom. The number of hydrogen-bond donors (Lipinski definition) is 1. The minimum Gasteiger partial charge on any atom is -0.493 e. The zero-order chi connectivity index (χ0) is 13.1. The van der Waals surface area contributed by atoms with Crippen LogP contribution in [-0.2, 0) is 6.54 Å². The van der Waals surface area contributed by atoms with E-state index in [2.05, 4.69) is 5.10 Å². The summed E-state index contributed by atoms with van der Waals surface area (Å²) >= 11 is 0. The van der Waals surface area contributed by atoms with E-state index in [1.165, 1.54) is 18.9 Å². The molecule has 18 heavy (non-hydrogen) atoms. The van der Waals surface area contributed by atoms with Crippen LogP contribution in [0.3, 0.4) is 0 Å². The summed E-state index contributed by atoms with van der Waals surface area (Å²) in [5, 5.41) is 13.9. The molecule has 6 heteroatoms. The SMILES string of the molecule is COc1ccc2cnn(CCO)c(=O)c2c1OC. The van der Waals surface area contributed by atoms with Gasteiger partial charge in [0.1, 0.15) is 0 Å². The molecule has 1 aromatic heterocycles. The highest BCUT2D eigenvalue weighted by Gasteiger charge is 2.14. The minimum atomic E-state index is -0.308. The third kappa shape index (κ3) is 1.91. The maximum atomic E-state index is 12.2. The molecule has 0 amide bonds. The smallest absolute Gasteiger partial charge is 0.278 e. The first kappa shape index (κ1) is 12.4. The van der Waals surface area contributed by atoms with Gasteiger partial charge >= 0.3 is 0 Å². The molecule has 0 saturated heterocycles. The maximum Gasteiger partial charge on any atom is 0.278 e. The average molecular weight is 250 g/mol. The molecule has 1 N–H and O–H groups in total. The number of nitrogens with zero attached hydrogens (tertiary/aromatic N) is 2. The normalized spacial score (nSPS) is 10.6. The lowest BCUT2D eigenvalue weighted by Crippen LogP contribution is -2.24. The number of aliphatic hydroxyl groups is 1. The summed E-state index contributed by atoms with van der Waals surface area (Å²) in [6, 6.07) is 3.47. The van der Waals surface area contributed by atoms with Crippen LogP contribution in [0, 0.1) is 0 Å². The van der Waals surface area contributed by atoms with Crippen molar-refractivity contribution in [1.82, 2.24) is 9.78 Å². The molecule has 0 atom stereocenters. The fraction of sp³-hybridized carbons (Fsp3) is 0.333. The molecule has 0 spiro atoms. The highest BCUT2D eigenvalue weighted by Crippen LogP contribution is 2.32. The lowest BCUT2D eigenvalue weighted by atomic mass is 10.1. The van der Waals surface area contributed by atoms with Crippen molar-refractivity contribution in [3.8, 4) is 11.5 Å². The number of fused-ring (bicyclic) bond motifs is 1. The van der Waals surface area contributed by atoms with Gasteiger partial charge in [0.15, 0.2) is 11.5 Å². The van der Waals surface area contributed by atoms with Crippen LogP contribution in [0.15, 0.2) is 23.1 Å². The molecule has 0 saturated carbocycles. The van der Waals surface area contributed by atoms with E-state index in [1.807, 2.05) is 0 Å². The van der Waals surface area contributed by atoms with Crippen LogP contribution in [0.2, 0.25) is 0 Å². The van der Waals surface area contributed by atoms with Gasteiger partial charge in [0.05, 0.1) is 39.0 Å². The van der Waals surface area contributed by atoms with Crippen molar-refractivity contribution in [1.29, 1.82) is 0 Å². The summed E-state index contributed by atoms with van der Waals surface area (Å²) in [6.45, 7) is -0.000164. The monoisotopic (exact) mass is 250 g/mol. The summed E-state index contributed by atoms with van der Waals surface area (Å²) in [4.78, 5) is 12.2. The summed E-state index contributed by atoms with van der Waals surface area (Å²) in [6.07, 6.45) is 1.56. The molecule has 1 heterocycles. The Morgan fingerprint density at radius 2 is 2.11 bits per heavy atom.